The van der Waals surface area contributed by atoms with Crippen LogP contribution < -0.4 is 110 Å². The van der Waals surface area contributed by atoms with Crippen molar-refractivity contribution in [1.29, 1.82) is 0 Å². The van der Waals surface area contributed by atoms with Gasteiger partial charge in [0, 0.05) is 61.7 Å². The molecule has 38 nitrogen and oxygen atoms in total. The van der Waals surface area contributed by atoms with E-state index in [1.165, 1.54) is 16.5 Å². The third-order valence-corrected chi connectivity index (χ3v) is 17.8. The molecule has 0 aliphatic rings. The van der Waals surface area contributed by atoms with Crippen LogP contribution in [0.15, 0.2) is 134 Å². The molecular formula is C81H107Cl3N28O10. The number of nitrogens with one attached hydrogen (secondary N) is 5. The molecule has 0 aliphatic heterocycles. The Labute approximate surface area is 720 Å². The fourth-order valence-electron chi connectivity index (χ4n) is 11.5. The molecule has 122 heavy (non-hydrogen) atoms. The minimum absolute atomic E-state index is 0.0384. The number of hydrogen-bond donors (Lipinski definition) is 17. The van der Waals surface area contributed by atoms with E-state index >= 15 is 0 Å². The van der Waals surface area contributed by atoms with Crippen molar-refractivity contribution in [2.75, 3.05) is 93.5 Å². The first-order valence-electron chi connectivity index (χ1n) is 38.9. The van der Waals surface area contributed by atoms with Crippen LogP contribution in [-0.4, -0.2) is 160 Å². The van der Waals surface area contributed by atoms with Crippen LogP contribution in [0, 0.1) is 0 Å². The summed E-state index contributed by atoms with van der Waals surface area (Å²) in [6, 6.07) is 36.4. The number of carbonyl (C=O) groups is 5. The van der Waals surface area contributed by atoms with E-state index in [0.29, 0.717) is 71.8 Å². The number of alkyl carbamates (subject to hydrolysis) is 2. The number of benzene rings is 6. The highest BCUT2D eigenvalue weighted by Gasteiger charge is 2.24. The summed E-state index contributed by atoms with van der Waals surface area (Å²) in [5.41, 5.74) is 69.0. The lowest BCUT2D eigenvalue weighted by atomic mass is 9.99. The molecule has 0 atom stereocenters. The Bertz CT molecular complexity index is 5240. The van der Waals surface area contributed by atoms with Crippen molar-refractivity contribution in [1.82, 2.24) is 56.5 Å². The molecule has 652 valence electrons. The van der Waals surface area contributed by atoms with E-state index in [9.17, 15) is 24.0 Å². The van der Waals surface area contributed by atoms with Gasteiger partial charge in [-0.1, -0.05) is 126 Å². The summed E-state index contributed by atoms with van der Waals surface area (Å²) < 4.78 is 28.5. The first kappa shape index (κ1) is 95.8. The molecule has 0 radical (unpaired) electrons. The number of aryl methyl sites for hydroxylation is 3. The average molecular weight is 1740 g/mol. The lowest BCUT2D eigenvalue weighted by Gasteiger charge is -2.22. The van der Waals surface area contributed by atoms with Crippen molar-refractivity contribution in [2.24, 2.45) is 59.4 Å². The number of guanidine groups is 5. The Kier molecular flexibility index (Phi) is 37.3. The highest BCUT2D eigenvalue weighted by atomic mass is 35.5. The third kappa shape index (κ3) is 31.8. The first-order chi connectivity index (χ1) is 58.1. The van der Waals surface area contributed by atoms with E-state index < -0.39 is 41.1 Å². The second-order valence-corrected chi connectivity index (χ2v) is 30.0. The van der Waals surface area contributed by atoms with Crippen LogP contribution >= 0.6 is 34.8 Å². The van der Waals surface area contributed by atoms with E-state index in [1.807, 2.05) is 78.9 Å². The molecule has 3 aromatic heterocycles. The van der Waals surface area contributed by atoms with Gasteiger partial charge in [-0.3, -0.25) is 65.9 Å². The lowest BCUT2D eigenvalue weighted by molar-refractivity contribution is 0.0543. The van der Waals surface area contributed by atoms with Crippen LogP contribution in [0.5, 0.6) is 17.2 Å². The molecule has 0 bridgehead atoms. The molecule has 0 saturated carbocycles. The van der Waals surface area contributed by atoms with Crippen molar-refractivity contribution in [3.05, 3.63) is 158 Å². The second kappa shape index (κ2) is 47.5. The number of hydrogen-bond acceptors (Lipinski definition) is 28. The Morgan fingerprint density at radius 2 is 0.639 bits per heavy atom. The zero-order chi connectivity index (χ0) is 89.1. The zero-order valence-electron chi connectivity index (χ0n) is 68.8. The maximum Gasteiger partial charge on any atom is 0.414 e. The summed E-state index contributed by atoms with van der Waals surface area (Å²) in [6.45, 7) is 14.5. The second-order valence-electron chi connectivity index (χ2n) is 28.9. The highest BCUT2D eigenvalue weighted by Crippen LogP contribution is 2.33. The maximum absolute atomic E-state index is 12.4. The van der Waals surface area contributed by atoms with Gasteiger partial charge in [0.15, 0.2) is 91.3 Å². The number of rotatable bonds is 32. The van der Waals surface area contributed by atoms with E-state index in [2.05, 4.69) is 112 Å². The van der Waals surface area contributed by atoms with Crippen molar-refractivity contribution in [2.45, 2.75) is 130 Å². The molecule has 0 fully saturated rings. The van der Waals surface area contributed by atoms with Gasteiger partial charge < -0.3 is 92.5 Å². The lowest BCUT2D eigenvalue weighted by Crippen LogP contribution is -2.47. The van der Waals surface area contributed by atoms with Gasteiger partial charge in [0.2, 0.25) is 5.96 Å². The summed E-state index contributed by atoms with van der Waals surface area (Å²) in [5.74, 6) is -0.456. The number of fused-ring (bicyclic) bond motifs is 3. The molecule has 41 heteroatoms. The van der Waals surface area contributed by atoms with Gasteiger partial charge in [0.1, 0.15) is 28.5 Å². The SMILES string of the molecule is CC(C)(C)OC(=O)NC(=NCCCOc1ccc(CCCCN=C(N)NC(=O)c2nc(Cl)c(N)nc2N)c2ccccc12)NC(=O)OC(C)(C)C.NC(N)=NCCCOc1ccc(CCCCN=C(N)NC(=O)c2nc(Cl)c(N)nc2N)c2ccccc12.NCCCOc1ccc(CCCCN=C(N)NC(=O)c2nc(Cl)c(N)nc2N)c2ccccc12. The van der Waals surface area contributed by atoms with E-state index in [0.717, 1.165) is 108 Å². The Balaban J connectivity index is 0.000000258. The van der Waals surface area contributed by atoms with Gasteiger partial charge in [0.05, 0.1) is 19.8 Å². The molecular weight excluding hydrogens is 1630 g/mol. The topological polar surface area (TPSA) is 643 Å². The summed E-state index contributed by atoms with van der Waals surface area (Å²) in [6.07, 6.45) is 7.86. The standard InChI is InChI=1S/C34H47ClN10O6.C24H31ClN10O2.C23H29ClN8O2/c1-33(2,3)50-31(47)44-30(45-32(48)51-34(4,5)6)40-18-11-19-49-23-16-15-20(21-13-7-8-14-22(21)23)12-9-10-17-39-29(38)43-28(46)24-26(36)42-27(37)25(35)41-24;25-19-21(27)34-20(26)18(33-19)22(36)35-24(30)32-11-4-3-6-14-9-10-17(16-8-2-1-7-15(14)16)37-13-5-12-31-23(28)29;24-19-21(27)31-20(26)18(30-19)22(33)32-23(28)29-12-4-3-6-14-9-10-17(34-13-5-11-25)16-8-2-1-7-15(14)16/h7-8,13-16H,9-12,17-19H2,1-6H3,(H4,36,37,42)(H3,38,39,43,46)(H2,40,44,45,47,48);1-2,7-10H,3-6,11-13H2,(H4,26,27,34)(H4,28,29,31)(H3,30,32,35,36);1-2,7-10H,3-6,11-13,25H2,(H4,26,27,31)(H3,28,29,32,33). The Morgan fingerprint density at radius 1 is 0.352 bits per heavy atom. The summed E-state index contributed by atoms with van der Waals surface area (Å²) >= 11 is 17.5. The van der Waals surface area contributed by atoms with Gasteiger partial charge in [-0.15, -0.1) is 0 Å². The molecule has 5 amide bonds. The van der Waals surface area contributed by atoms with E-state index in [4.69, 9.17) is 127 Å². The third-order valence-electron chi connectivity index (χ3n) is 16.9. The minimum atomic E-state index is -0.760. The normalized spacial score (nSPS) is 11.6. The Morgan fingerprint density at radius 3 is 0.934 bits per heavy atom. The van der Waals surface area contributed by atoms with Crippen molar-refractivity contribution >= 4 is 162 Å². The van der Waals surface area contributed by atoms with Gasteiger partial charge in [-0.05, 0) is 163 Å². The largest absolute Gasteiger partial charge is 0.493 e. The number of unbranched alkanes of at least 4 members (excludes halogenated alkanes) is 3. The van der Waals surface area contributed by atoms with Crippen LogP contribution in [0.3, 0.4) is 0 Å². The van der Waals surface area contributed by atoms with Gasteiger partial charge in [0.25, 0.3) is 17.7 Å². The number of carbonyl (C=O) groups excluding carboxylic acids is 5. The summed E-state index contributed by atoms with van der Waals surface area (Å²) in [4.78, 5) is 105. The number of aliphatic imine (C=N–C) groups is 5. The number of amides is 5. The van der Waals surface area contributed by atoms with E-state index in [-0.39, 0.29) is 104 Å². The number of aromatic nitrogens is 6. The van der Waals surface area contributed by atoms with E-state index in [1.54, 1.807) is 41.5 Å². The molecule has 9 rings (SSSR count). The molecule has 6 aromatic carbocycles. The fraction of sp³-hybridized carbons (Fsp3) is 0.358. The molecule has 0 unspecified atom stereocenters. The van der Waals surface area contributed by atoms with Gasteiger partial charge in [-0.25, -0.2) is 39.5 Å². The molecule has 0 spiro atoms. The highest BCUT2D eigenvalue weighted by molar-refractivity contribution is 6.32. The maximum atomic E-state index is 12.4. The van der Waals surface area contributed by atoms with Crippen LogP contribution in [0.1, 0.15) is 147 Å². The molecule has 9 aromatic rings. The Hall–Kier alpha value is -13.3. The average Bonchev–Trinajstić information content (AvgIpc) is 0.797. The number of anilines is 6. The van der Waals surface area contributed by atoms with Crippen LogP contribution in [0.4, 0.5) is 44.5 Å². The summed E-state index contributed by atoms with van der Waals surface area (Å²) in [7, 11) is 0. The quantitative estimate of drug-likeness (QED) is 0.0107. The molecule has 29 N–H and O–H groups in total. The predicted molar refractivity (Wildman–Crippen MR) is 481 cm³/mol. The molecule has 3 heterocycles. The van der Waals surface area contributed by atoms with Crippen molar-refractivity contribution in [3.8, 4) is 17.2 Å². The van der Waals surface area contributed by atoms with Crippen LogP contribution in [0.25, 0.3) is 32.3 Å². The number of nitrogens with two attached hydrogens (primary N) is 12. The minimum Gasteiger partial charge on any atom is -0.493 e. The van der Waals surface area contributed by atoms with Gasteiger partial charge >= 0.3 is 12.2 Å². The predicted octanol–water partition coefficient (Wildman–Crippen LogP) is 8.49. The number of ether oxygens (including phenoxy) is 5. The van der Waals surface area contributed by atoms with Crippen molar-refractivity contribution in [3.63, 3.8) is 0 Å². The molecule has 0 aliphatic carbocycles. The van der Waals surface area contributed by atoms with Crippen molar-refractivity contribution < 1.29 is 47.7 Å². The number of halogens is 3. The van der Waals surface area contributed by atoms with Crippen LogP contribution in [0.2, 0.25) is 15.5 Å². The fourth-order valence-corrected chi connectivity index (χ4v) is 11.8. The summed E-state index contributed by atoms with van der Waals surface area (Å²) in [5, 5.41) is 18.3. The monoisotopic (exact) mass is 1740 g/mol. The number of nitrogen functional groups attached to an aromatic ring is 6. The smallest absolute Gasteiger partial charge is 0.414 e. The molecule has 0 saturated heterocycles. The first-order valence-corrected chi connectivity index (χ1v) is 40.0. The van der Waals surface area contributed by atoms with Crippen LogP contribution in [-0.2, 0) is 28.7 Å². The zero-order valence-corrected chi connectivity index (χ0v) is 71.1. The number of nitrogens with zero attached hydrogens (tertiary/aromatic N) is 11. The van der Waals surface area contributed by atoms with Gasteiger partial charge in [-0.2, -0.15) is 0 Å².